The van der Waals surface area contributed by atoms with Crippen molar-refractivity contribution in [3.05, 3.63) is 36.4 Å². The van der Waals surface area contributed by atoms with Gasteiger partial charge in [0.1, 0.15) is 0 Å². The second-order valence-electron chi connectivity index (χ2n) is 2.24. The SMILES string of the molecule is [c]1cnn(Cc2cn[nH]c2)c1. The van der Waals surface area contributed by atoms with Crippen molar-refractivity contribution in [1.29, 1.82) is 0 Å². The number of hydrogen-bond donors (Lipinski definition) is 1. The first-order chi connectivity index (χ1) is 5.45. The van der Waals surface area contributed by atoms with E-state index in [-0.39, 0.29) is 0 Å². The molecule has 2 heterocycles. The maximum atomic E-state index is 4.01. The number of H-pyrrole nitrogens is 1. The minimum Gasteiger partial charge on any atom is -0.285 e. The molecule has 0 aliphatic rings. The van der Waals surface area contributed by atoms with Crippen molar-refractivity contribution in [3.63, 3.8) is 0 Å². The molecule has 0 spiro atoms. The largest absolute Gasteiger partial charge is 0.285 e. The predicted octanol–water partition coefficient (Wildman–Crippen LogP) is 0.455. The van der Waals surface area contributed by atoms with Crippen molar-refractivity contribution in [2.45, 2.75) is 6.54 Å². The van der Waals surface area contributed by atoms with Crippen LogP contribution in [0.3, 0.4) is 0 Å². The third-order valence-corrected chi connectivity index (χ3v) is 1.40. The average molecular weight is 147 g/mol. The average Bonchev–Trinajstić information content (AvgIpc) is 2.60. The molecule has 0 amide bonds. The number of hydrogen-bond acceptors (Lipinski definition) is 2. The molecule has 0 aliphatic carbocycles. The van der Waals surface area contributed by atoms with Gasteiger partial charge in [0.25, 0.3) is 0 Å². The third kappa shape index (κ3) is 1.29. The standard InChI is InChI=1S/C7H7N4/c1-2-10-11(3-1)6-7-4-8-9-5-7/h2-5H,6H2,(H,8,9). The molecule has 4 nitrogen and oxygen atoms in total. The second kappa shape index (κ2) is 2.57. The van der Waals surface area contributed by atoms with E-state index in [4.69, 9.17) is 0 Å². The first kappa shape index (κ1) is 6.15. The summed E-state index contributed by atoms with van der Waals surface area (Å²) in [5, 5.41) is 10.6. The van der Waals surface area contributed by atoms with Crippen LogP contribution < -0.4 is 0 Å². The van der Waals surface area contributed by atoms with Gasteiger partial charge in [-0.2, -0.15) is 10.2 Å². The summed E-state index contributed by atoms with van der Waals surface area (Å²) in [5.41, 5.74) is 1.11. The number of rotatable bonds is 2. The van der Waals surface area contributed by atoms with Crippen molar-refractivity contribution in [2.75, 3.05) is 0 Å². The van der Waals surface area contributed by atoms with Gasteiger partial charge in [0, 0.05) is 24.0 Å². The second-order valence-corrected chi connectivity index (χ2v) is 2.24. The summed E-state index contributed by atoms with van der Waals surface area (Å²) in [7, 11) is 0. The first-order valence-electron chi connectivity index (χ1n) is 3.31. The highest BCUT2D eigenvalue weighted by Crippen LogP contribution is 1.96. The van der Waals surface area contributed by atoms with Crippen LogP contribution in [0, 0.1) is 6.07 Å². The Morgan fingerprint density at radius 2 is 2.64 bits per heavy atom. The summed E-state index contributed by atoms with van der Waals surface area (Å²) in [5.74, 6) is 0. The fraction of sp³-hybridized carbons (Fsp3) is 0.143. The number of aromatic amines is 1. The quantitative estimate of drug-likeness (QED) is 0.670. The summed E-state index contributed by atoms with van der Waals surface area (Å²) >= 11 is 0. The molecular weight excluding hydrogens is 140 g/mol. The van der Waals surface area contributed by atoms with E-state index in [2.05, 4.69) is 21.4 Å². The number of nitrogens with one attached hydrogen (secondary N) is 1. The van der Waals surface area contributed by atoms with Crippen LogP contribution in [0.2, 0.25) is 0 Å². The molecule has 2 aromatic rings. The Balaban J connectivity index is 2.14. The van der Waals surface area contributed by atoms with E-state index in [0.29, 0.717) is 0 Å². The summed E-state index contributed by atoms with van der Waals surface area (Å²) < 4.78 is 1.80. The minimum atomic E-state index is 0.750. The molecule has 4 heteroatoms. The normalized spacial score (nSPS) is 10.2. The van der Waals surface area contributed by atoms with Crippen LogP contribution in [0.25, 0.3) is 0 Å². The van der Waals surface area contributed by atoms with Crippen molar-refractivity contribution < 1.29 is 0 Å². The monoisotopic (exact) mass is 147 g/mol. The molecule has 1 radical (unpaired) electrons. The first-order valence-corrected chi connectivity index (χ1v) is 3.31. The molecule has 0 bridgehead atoms. The summed E-state index contributed by atoms with van der Waals surface area (Å²) in [6.07, 6.45) is 7.07. The van der Waals surface area contributed by atoms with Gasteiger partial charge in [0.05, 0.1) is 18.9 Å². The Morgan fingerprint density at radius 3 is 3.27 bits per heavy atom. The van der Waals surface area contributed by atoms with Gasteiger partial charge in [-0.1, -0.05) is 0 Å². The van der Waals surface area contributed by atoms with Gasteiger partial charge >= 0.3 is 0 Å². The minimum absolute atomic E-state index is 0.750. The molecule has 2 rings (SSSR count). The van der Waals surface area contributed by atoms with Crippen LogP contribution in [0.15, 0.2) is 24.8 Å². The fourth-order valence-electron chi connectivity index (χ4n) is 0.898. The van der Waals surface area contributed by atoms with Gasteiger partial charge in [-0.3, -0.25) is 9.78 Å². The van der Waals surface area contributed by atoms with Crippen LogP contribution in [-0.2, 0) is 6.54 Å². The van der Waals surface area contributed by atoms with Gasteiger partial charge in [0.15, 0.2) is 0 Å². The lowest BCUT2D eigenvalue weighted by Crippen LogP contribution is -1.97. The summed E-state index contributed by atoms with van der Waals surface area (Å²) in [4.78, 5) is 0. The van der Waals surface area contributed by atoms with Crippen LogP contribution >= 0.6 is 0 Å². The molecule has 2 aromatic heterocycles. The zero-order chi connectivity index (χ0) is 7.52. The Bertz CT molecular complexity index is 263. The van der Waals surface area contributed by atoms with Crippen molar-refractivity contribution in [2.24, 2.45) is 0 Å². The maximum absolute atomic E-state index is 4.01. The Kier molecular flexibility index (Phi) is 1.44. The van der Waals surface area contributed by atoms with E-state index in [1.165, 1.54) is 0 Å². The molecule has 0 atom stereocenters. The smallest absolute Gasteiger partial charge is 0.0690 e. The molecule has 0 saturated carbocycles. The van der Waals surface area contributed by atoms with Gasteiger partial charge < -0.3 is 0 Å². The fourth-order valence-corrected chi connectivity index (χ4v) is 0.898. The van der Waals surface area contributed by atoms with Gasteiger partial charge in [-0.25, -0.2) is 0 Å². The molecular formula is C7H7N4. The Labute approximate surface area is 63.9 Å². The highest BCUT2D eigenvalue weighted by atomic mass is 15.3. The molecule has 11 heavy (non-hydrogen) atoms. The van der Waals surface area contributed by atoms with E-state index in [1.807, 2.05) is 6.20 Å². The molecule has 0 fully saturated rings. The van der Waals surface area contributed by atoms with E-state index in [1.54, 1.807) is 23.3 Å². The van der Waals surface area contributed by atoms with E-state index >= 15 is 0 Å². The Hall–Kier alpha value is -1.58. The van der Waals surface area contributed by atoms with Crippen molar-refractivity contribution in [1.82, 2.24) is 20.0 Å². The van der Waals surface area contributed by atoms with Gasteiger partial charge in [-0.05, 0) is 0 Å². The molecule has 0 aliphatic heterocycles. The molecule has 1 N–H and O–H groups in total. The van der Waals surface area contributed by atoms with E-state index in [0.717, 1.165) is 12.1 Å². The highest BCUT2D eigenvalue weighted by Gasteiger charge is 1.93. The van der Waals surface area contributed by atoms with Crippen molar-refractivity contribution in [3.8, 4) is 0 Å². The van der Waals surface area contributed by atoms with E-state index < -0.39 is 0 Å². The number of nitrogens with zero attached hydrogens (tertiary/aromatic N) is 3. The molecule has 0 saturated heterocycles. The molecule has 0 unspecified atom stereocenters. The highest BCUT2D eigenvalue weighted by molar-refractivity contribution is 5.02. The summed E-state index contributed by atoms with van der Waals surface area (Å²) in [6.45, 7) is 0.750. The summed E-state index contributed by atoms with van der Waals surface area (Å²) in [6, 6.07) is 2.86. The lowest BCUT2D eigenvalue weighted by Gasteiger charge is -1.94. The van der Waals surface area contributed by atoms with Gasteiger partial charge in [-0.15, -0.1) is 0 Å². The van der Waals surface area contributed by atoms with Crippen LogP contribution in [0.5, 0.6) is 0 Å². The lowest BCUT2D eigenvalue weighted by molar-refractivity contribution is 0.687. The Morgan fingerprint density at radius 1 is 1.64 bits per heavy atom. The van der Waals surface area contributed by atoms with Crippen LogP contribution in [0.4, 0.5) is 0 Å². The van der Waals surface area contributed by atoms with Crippen LogP contribution in [-0.4, -0.2) is 20.0 Å². The lowest BCUT2D eigenvalue weighted by atomic mass is 10.4. The predicted molar refractivity (Wildman–Crippen MR) is 38.8 cm³/mol. The van der Waals surface area contributed by atoms with Crippen LogP contribution in [0.1, 0.15) is 5.56 Å². The maximum Gasteiger partial charge on any atom is 0.0690 e. The molecule has 55 valence electrons. The zero-order valence-electron chi connectivity index (χ0n) is 5.86. The molecule has 0 aromatic carbocycles. The van der Waals surface area contributed by atoms with E-state index in [9.17, 15) is 0 Å². The third-order valence-electron chi connectivity index (χ3n) is 1.40. The van der Waals surface area contributed by atoms with Gasteiger partial charge in [0.2, 0.25) is 0 Å². The number of aromatic nitrogens is 4. The zero-order valence-corrected chi connectivity index (χ0v) is 5.86. The van der Waals surface area contributed by atoms with Crippen molar-refractivity contribution >= 4 is 0 Å². The topological polar surface area (TPSA) is 46.5 Å².